The molecule has 2 aliphatic heterocycles. The van der Waals surface area contributed by atoms with Gasteiger partial charge in [0.25, 0.3) is 11.5 Å². The van der Waals surface area contributed by atoms with Crippen LogP contribution in [-0.2, 0) is 12.7 Å². The van der Waals surface area contributed by atoms with Crippen LogP contribution >= 0.6 is 0 Å². The van der Waals surface area contributed by atoms with Gasteiger partial charge < -0.3 is 20.1 Å². The standard InChI is InChI=1S/C21H22F3N5O2/c22-21(23,24)16-3-1-2-14(10-16)11-29-12-15(4-5-17(29)30)18(31)28-8-6-20(7-9-28)13-26-19(25)27-20/h1-5,10,12H,6-9,11,13H2,(H3,25,26,27). The Kier molecular flexibility index (Phi) is 5.24. The fourth-order valence-electron chi connectivity index (χ4n) is 4.06. The van der Waals surface area contributed by atoms with E-state index in [2.05, 4.69) is 10.6 Å². The topological polar surface area (TPSA) is 90.2 Å². The molecule has 3 heterocycles. The van der Waals surface area contributed by atoms with Crippen LogP contribution in [0.15, 0.2) is 47.4 Å². The lowest BCUT2D eigenvalue weighted by atomic mass is 9.88. The van der Waals surface area contributed by atoms with Crippen molar-refractivity contribution in [2.45, 2.75) is 31.1 Å². The number of amides is 1. The second-order valence-corrected chi connectivity index (χ2v) is 8.01. The average Bonchev–Trinajstić information content (AvgIpc) is 3.09. The summed E-state index contributed by atoms with van der Waals surface area (Å²) in [6, 6.07) is 7.50. The Labute approximate surface area is 176 Å². The van der Waals surface area contributed by atoms with Crippen molar-refractivity contribution in [1.82, 2.24) is 20.1 Å². The average molecular weight is 433 g/mol. The minimum absolute atomic E-state index is 0.0648. The molecule has 2 aliphatic rings. The number of guanidine groups is 1. The fourth-order valence-corrected chi connectivity index (χ4v) is 4.06. The molecular weight excluding hydrogens is 411 g/mol. The van der Waals surface area contributed by atoms with Crippen LogP contribution in [0.3, 0.4) is 0 Å². The zero-order valence-corrected chi connectivity index (χ0v) is 16.6. The second-order valence-electron chi connectivity index (χ2n) is 8.01. The van der Waals surface area contributed by atoms with Crippen molar-refractivity contribution in [2.75, 3.05) is 19.6 Å². The van der Waals surface area contributed by atoms with Crippen LogP contribution in [0.4, 0.5) is 13.2 Å². The van der Waals surface area contributed by atoms with Gasteiger partial charge in [-0.3, -0.25) is 15.0 Å². The summed E-state index contributed by atoms with van der Waals surface area (Å²) in [5, 5.41) is 13.8. The summed E-state index contributed by atoms with van der Waals surface area (Å²) in [6.45, 7) is 1.60. The number of pyridine rings is 1. The third kappa shape index (κ3) is 4.42. The highest BCUT2D eigenvalue weighted by atomic mass is 19.4. The molecule has 1 amide bonds. The first-order valence-corrected chi connectivity index (χ1v) is 9.92. The van der Waals surface area contributed by atoms with Gasteiger partial charge in [0.15, 0.2) is 5.96 Å². The Morgan fingerprint density at radius 3 is 2.55 bits per heavy atom. The van der Waals surface area contributed by atoms with Crippen LogP contribution in [0.5, 0.6) is 0 Å². The van der Waals surface area contributed by atoms with Gasteiger partial charge in [0.2, 0.25) is 0 Å². The van der Waals surface area contributed by atoms with Gasteiger partial charge in [0.1, 0.15) is 0 Å². The highest BCUT2D eigenvalue weighted by molar-refractivity contribution is 5.94. The lowest BCUT2D eigenvalue weighted by molar-refractivity contribution is -0.137. The van der Waals surface area contributed by atoms with Gasteiger partial charge in [-0.2, -0.15) is 13.2 Å². The molecule has 0 radical (unpaired) electrons. The van der Waals surface area contributed by atoms with E-state index in [1.54, 1.807) is 4.90 Å². The number of benzene rings is 1. The summed E-state index contributed by atoms with van der Waals surface area (Å²) in [4.78, 5) is 26.9. The number of hydrogen-bond donors (Lipinski definition) is 3. The minimum Gasteiger partial charge on any atom is -0.354 e. The van der Waals surface area contributed by atoms with Crippen molar-refractivity contribution in [1.29, 1.82) is 5.41 Å². The summed E-state index contributed by atoms with van der Waals surface area (Å²) in [7, 11) is 0. The molecule has 1 aromatic heterocycles. The van der Waals surface area contributed by atoms with Crippen LogP contribution in [0.2, 0.25) is 0 Å². The summed E-state index contributed by atoms with van der Waals surface area (Å²) >= 11 is 0. The molecule has 0 aliphatic carbocycles. The van der Waals surface area contributed by atoms with Gasteiger partial charge in [-0.05, 0) is 36.6 Å². The molecule has 0 unspecified atom stereocenters. The number of halogens is 3. The Hall–Kier alpha value is -3.30. The number of carbonyl (C=O) groups is 1. The molecule has 2 aromatic rings. The zero-order chi connectivity index (χ0) is 22.2. The van der Waals surface area contributed by atoms with Crippen molar-refractivity contribution >= 4 is 11.9 Å². The monoisotopic (exact) mass is 433 g/mol. The number of carbonyl (C=O) groups excluding carboxylic acids is 1. The predicted octanol–water partition coefficient (Wildman–Crippen LogP) is 2.02. The highest BCUT2D eigenvalue weighted by Gasteiger charge is 2.40. The maximum absolute atomic E-state index is 13.0. The predicted molar refractivity (Wildman–Crippen MR) is 108 cm³/mol. The molecule has 31 heavy (non-hydrogen) atoms. The summed E-state index contributed by atoms with van der Waals surface area (Å²) in [5.41, 5.74) is -0.755. The third-order valence-corrected chi connectivity index (χ3v) is 5.84. The van der Waals surface area contributed by atoms with E-state index in [4.69, 9.17) is 5.41 Å². The number of piperidine rings is 1. The van der Waals surface area contributed by atoms with E-state index in [1.165, 1.54) is 35.0 Å². The van der Waals surface area contributed by atoms with Crippen molar-refractivity contribution < 1.29 is 18.0 Å². The van der Waals surface area contributed by atoms with E-state index < -0.39 is 17.3 Å². The van der Waals surface area contributed by atoms with Crippen LogP contribution in [-0.4, -0.2) is 46.5 Å². The molecule has 2 fully saturated rings. The summed E-state index contributed by atoms with van der Waals surface area (Å²) < 4.78 is 40.1. The van der Waals surface area contributed by atoms with Crippen LogP contribution in [0.1, 0.15) is 34.3 Å². The van der Waals surface area contributed by atoms with Crippen LogP contribution in [0.25, 0.3) is 0 Å². The molecule has 0 saturated carbocycles. The Morgan fingerprint density at radius 2 is 1.90 bits per heavy atom. The maximum Gasteiger partial charge on any atom is 0.416 e. The molecule has 3 N–H and O–H groups in total. The minimum atomic E-state index is -4.47. The Balaban J connectivity index is 1.49. The quantitative estimate of drug-likeness (QED) is 0.691. The van der Waals surface area contributed by atoms with E-state index in [1.807, 2.05) is 0 Å². The summed E-state index contributed by atoms with van der Waals surface area (Å²) in [6.07, 6.45) is -1.68. The van der Waals surface area contributed by atoms with Gasteiger partial charge in [-0.1, -0.05) is 12.1 Å². The van der Waals surface area contributed by atoms with Crippen LogP contribution < -0.4 is 16.2 Å². The number of aromatic nitrogens is 1. The first kappa shape index (κ1) is 21.0. The molecule has 7 nitrogen and oxygen atoms in total. The highest BCUT2D eigenvalue weighted by Crippen LogP contribution is 2.29. The maximum atomic E-state index is 13.0. The fraction of sp³-hybridized carbons (Fsp3) is 0.381. The molecule has 0 bridgehead atoms. The Morgan fingerprint density at radius 1 is 1.16 bits per heavy atom. The van der Waals surface area contributed by atoms with Crippen LogP contribution in [0, 0.1) is 5.41 Å². The van der Waals surface area contributed by atoms with Gasteiger partial charge in [-0.15, -0.1) is 0 Å². The van der Waals surface area contributed by atoms with E-state index in [9.17, 15) is 22.8 Å². The number of alkyl halides is 3. The molecule has 0 atom stereocenters. The molecule has 4 rings (SSSR count). The molecule has 164 valence electrons. The summed E-state index contributed by atoms with van der Waals surface area (Å²) in [5.74, 6) is 0.0649. The number of nitrogens with zero attached hydrogens (tertiary/aromatic N) is 2. The first-order chi connectivity index (χ1) is 14.7. The smallest absolute Gasteiger partial charge is 0.354 e. The molecule has 10 heteroatoms. The second kappa shape index (κ2) is 7.75. The van der Waals surface area contributed by atoms with E-state index >= 15 is 0 Å². The van der Waals surface area contributed by atoms with Gasteiger partial charge in [0.05, 0.1) is 23.2 Å². The largest absolute Gasteiger partial charge is 0.416 e. The number of nitrogens with one attached hydrogen (secondary N) is 3. The van der Waals surface area contributed by atoms with Gasteiger partial charge in [-0.25, -0.2) is 0 Å². The number of likely N-dealkylation sites (tertiary alicyclic amines) is 1. The zero-order valence-electron chi connectivity index (χ0n) is 16.6. The van der Waals surface area contributed by atoms with Crippen molar-refractivity contribution in [3.8, 4) is 0 Å². The van der Waals surface area contributed by atoms with E-state index in [0.29, 0.717) is 49.6 Å². The SMILES string of the molecule is N=C1NCC2(CCN(C(=O)c3ccc(=O)n(Cc4cccc(C(F)(F)F)c4)c3)CC2)N1. The lowest BCUT2D eigenvalue weighted by Crippen LogP contribution is -2.53. The first-order valence-electron chi connectivity index (χ1n) is 9.92. The third-order valence-electron chi connectivity index (χ3n) is 5.84. The molecular formula is C21H22F3N5O2. The van der Waals surface area contributed by atoms with Gasteiger partial charge in [0, 0.05) is 31.9 Å². The molecule has 1 spiro atoms. The molecule has 2 saturated heterocycles. The van der Waals surface area contributed by atoms with Crippen molar-refractivity contribution in [3.05, 3.63) is 69.6 Å². The van der Waals surface area contributed by atoms with Crippen molar-refractivity contribution in [3.63, 3.8) is 0 Å². The Bertz CT molecular complexity index is 1070. The van der Waals surface area contributed by atoms with E-state index in [0.717, 1.165) is 12.1 Å². The van der Waals surface area contributed by atoms with E-state index in [-0.39, 0.29) is 18.0 Å². The molecule has 1 aromatic carbocycles. The van der Waals surface area contributed by atoms with Gasteiger partial charge >= 0.3 is 6.18 Å². The number of rotatable bonds is 3. The normalized spacial score (nSPS) is 18.0. The number of hydrogen-bond acceptors (Lipinski definition) is 3. The van der Waals surface area contributed by atoms with Crippen molar-refractivity contribution in [2.24, 2.45) is 0 Å². The lowest BCUT2D eigenvalue weighted by Gasteiger charge is -2.38.